The molecule has 28 heavy (non-hydrogen) atoms. The van der Waals surface area contributed by atoms with Gasteiger partial charge in [-0.3, -0.25) is 9.71 Å². The van der Waals surface area contributed by atoms with Crippen molar-refractivity contribution in [2.75, 3.05) is 11.8 Å². The summed E-state index contributed by atoms with van der Waals surface area (Å²) in [7, 11) is -2.29. The molecule has 0 aliphatic rings. The molecule has 4 rings (SSSR count). The first kappa shape index (κ1) is 18.0. The van der Waals surface area contributed by atoms with Crippen molar-refractivity contribution in [2.24, 2.45) is 0 Å². The number of nitrogens with zero attached hydrogens (tertiary/aromatic N) is 3. The van der Waals surface area contributed by atoms with Gasteiger partial charge in [0, 0.05) is 23.8 Å². The van der Waals surface area contributed by atoms with Gasteiger partial charge < -0.3 is 9.30 Å². The molecule has 2 heterocycles. The summed E-state index contributed by atoms with van der Waals surface area (Å²) < 4.78 is 35.8. The van der Waals surface area contributed by atoms with E-state index in [-0.39, 0.29) is 4.90 Å². The minimum atomic E-state index is -3.83. The highest BCUT2D eigenvalue weighted by Gasteiger charge is 2.19. The quantitative estimate of drug-likeness (QED) is 0.560. The van der Waals surface area contributed by atoms with Crippen LogP contribution in [0.1, 0.15) is 5.69 Å². The Labute approximate surface area is 162 Å². The Morgan fingerprint density at radius 1 is 1.07 bits per heavy atom. The maximum atomic E-state index is 13.0. The highest BCUT2D eigenvalue weighted by atomic mass is 32.2. The molecule has 1 N–H and O–H groups in total. The van der Waals surface area contributed by atoms with Gasteiger partial charge in [-0.2, -0.15) is 0 Å². The van der Waals surface area contributed by atoms with E-state index in [1.54, 1.807) is 42.9 Å². The first-order valence-electron chi connectivity index (χ1n) is 8.53. The molecule has 0 saturated heterocycles. The molecule has 0 radical (unpaired) electrons. The second-order valence-electron chi connectivity index (χ2n) is 6.25. The summed E-state index contributed by atoms with van der Waals surface area (Å²) in [6.07, 6.45) is 5.12. The molecular formula is C20H18N4O3S. The van der Waals surface area contributed by atoms with Crippen LogP contribution >= 0.6 is 0 Å². The lowest BCUT2D eigenvalue weighted by atomic mass is 10.2. The second kappa shape index (κ2) is 6.97. The van der Waals surface area contributed by atoms with Gasteiger partial charge in [-0.05, 0) is 31.2 Å². The fourth-order valence-electron chi connectivity index (χ4n) is 3.01. The molecule has 0 unspecified atom stereocenters. The number of sulfonamides is 1. The average Bonchev–Trinajstić information content (AvgIpc) is 3.13. The third-order valence-electron chi connectivity index (χ3n) is 4.31. The first-order valence-corrected chi connectivity index (χ1v) is 10.0. The van der Waals surface area contributed by atoms with Crippen LogP contribution in [0.2, 0.25) is 0 Å². The number of imidazole rings is 1. The number of rotatable bonds is 5. The Kier molecular flexibility index (Phi) is 4.48. The molecule has 4 aromatic rings. The molecule has 0 saturated carbocycles. The maximum absolute atomic E-state index is 13.0. The van der Waals surface area contributed by atoms with Gasteiger partial charge >= 0.3 is 0 Å². The number of benzene rings is 2. The number of pyridine rings is 1. The highest BCUT2D eigenvalue weighted by Crippen LogP contribution is 2.29. The lowest BCUT2D eigenvalue weighted by Gasteiger charge is -2.13. The predicted octanol–water partition coefficient (Wildman–Crippen LogP) is 3.54. The van der Waals surface area contributed by atoms with Crippen LogP contribution in [0, 0.1) is 6.92 Å². The van der Waals surface area contributed by atoms with E-state index in [0.717, 1.165) is 16.8 Å². The number of para-hydroxylation sites is 1. The molecule has 2 aromatic carbocycles. The van der Waals surface area contributed by atoms with Crippen molar-refractivity contribution in [1.82, 2.24) is 14.5 Å². The van der Waals surface area contributed by atoms with Gasteiger partial charge in [0.25, 0.3) is 10.0 Å². The van der Waals surface area contributed by atoms with E-state index in [9.17, 15) is 8.42 Å². The largest absolute Gasteiger partial charge is 0.494 e. The standard InChI is InChI=1S/C20H18N4O3S/c1-14-12-24(13-22-14)17-9-8-16(11-18(17)27-2)23-28(25,26)19-7-3-5-15-6-4-10-21-20(15)19/h3-13,23H,1-2H3. The summed E-state index contributed by atoms with van der Waals surface area (Å²) in [6.45, 7) is 1.89. The van der Waals surface area contributed by atoms with Gasteiger partial charge in [-0.15, -0.1) is 0 Å². The molecule has 0 bridgehead atoms. The van der Waals surface area contributed by atoms with Crippen LogP contribution in [0.5, 0.6) is 5.75 Å². The zero-order chi connectivity index (χ0) is 19.7. The number of hydrogen-bond donors (Lipinski definition) is 1. The van der Waals surface area contributed by atoms with Crippen molar-refractivity contribution in [3.8, 4) is 11.4 Å². The van der Waals surface area contributed by atoms with Crippen molar-refractivity contribution >= 4 is 26.6 Å². The van der Waals surface area contributed by atoms with E-state index in [1.807, 2.05) is 29.8 Å². The monoisotopic (exact) mass is 394 g/mol. The Morgan fingerprint density at radius 3 is 2.64 bits per heavy atom. The van der Waals surface area contributed by atoms with Crippen LogP contribution in [-0.2, 0) is 10.0 Å². The van der Waals surface area contributed by atoms with Crippen molar-refractivity contribution in [3.05, 3.63) is 72.9 Å². The van der Waals surface area contributed by atoms with E-state index >= 15 is 0 Å². The minimum Gasteiger partial charge on any atom is -0.494 e. The molecule has 142 valence electrons. The minimum absolute atomic E-state index is 0.124. The molecule has 0 fully saturated rings. The van der Waals surface area contributed by atoms with Crippen molar-refractivity contribution in [1.29, 1.82) is 0 Å². The van der Waals surface area contributed by atoms with Gasteiger partial charge in [0.05, 0.1) is 36.0 Å². The molecule has 7 nitrogen and oxygen atoms in total. The maximum Gasteiger partial charge on any atom is 0.264 e. The number of anilines is 1. The molecular weight excluding hydrogens is 376 g/mol. The van der Waals surface area contributed by atoms with E-state index in [4.69, 9.17) is 4.74 Å². The molecule has 8 heteroatoms. The van der Waals surface area contributed by atoms with Crippen molar-refractivity contribution in [2.45, 2.75) is 11.8 Å². The number of methoxy groups -OCH3 is 1. The second-order valence-corrected chi connectivity index (χ2v) is 7.90. The average molecular weight is 394 g/mol. The normalized spacial score (nSPS) is 11.5. The van der Waals surface area contributed by atoms with Crippen LogP contribution in [0.25, 0.3) is 16.6 Å². The Balaban J connectivity index is 1.72. The predicted molar refractivity (Wildman–Crippen MR) is 107 cm³/mol. The Morgan fingerprint density at radius 2 is 1.89 bits per heavy atom. The third-order valence-corrected chi connectivity index (χ3v) is 5.72. The van der Waals surface area contributed by atoms with E-state index in [1.165, 1.54) is 13.2 Å². The molecule has 2 aromatic heterocycles. The summed E-state index contributed by atoms with van der Waals surface area (Å²) in [6, 6.07) is 13.8. The summed E-state index contributed by atoms with van der Waals surface area (Å²) in [4.78, 5) is 8.56. The van der Waals surface area contributed by atoms with Crippen LogP contribution in [0.15, 0.2) is 72.1 Å². The lowest BCUT2D eigenvalue weighted by molar-refractivity contribution is 0.413. The SMILES string of the molecule is COc1cc(NS(=O)(=O)c2cccc3cccnc23)ccc1-n1cnc(C)c1. The topological polar surface area (TPSA) is 86.1 Å². The van der Waals surface area contributed by atoms with Crippen molar-refractivity contribution in [3.63, 3.8) is 0 Å². The van der Waals surface area contributed by atoms with E-state index < -0.39 is 10.0 Å². The van der Waals surface area contributed by atoms with Crippen LogP contribution < -0.4 is 9.46 Å². The summed E-state index contributed by atoms with van der Waals surface area (Å²) in [5, 5.41) is 0.758. The number of ether oxygens (including phenoxy) is 1. The van der Waals surface area contributed by atoms with Gasteiger partial charge in [-0.1, -0.05) is 18.2 Å². The zero-order valence-electron chi connectivity index (χ0n) is 15.3. The highest BCUT2D eigenvalue weighted by molar-refractivity contribution is 7.93. The summed E-state index contributed by atoms with van der Waals surface area (Å²) >= 11 is 0. The fraction of sp³-hybridized carbons (Fsp3) is 0.100. The van der Waals surface area contributed by atoms with Gasteiger partial charge in [0.2, 0.25) is 0 Å². The molecule has 0 spiro atoms. The molecule has 0 amide bonds. The lowest BCUT2D eigenvalue weighted by Crippen LogP contribution is -2.14. The number of nitrogens with one attached hydrogen (secondary N) is 1. The van der Waals surface area contributed by atoms with Crippen molar-refractivity contribution < 1.29 is 13.2 Å². The summed E-state index contributed by atoms with van der Waals surface area (Å²) in [5.41, 5.74) is 2.45. The Hall–Kier alpha value is -3.39. The number of fused-ring (bicyclic) bond motifs is 1. The van der Waals surface area contributed by atoms with Crippen LogP contribution in [0.4, 0.5) is 5.69 Å². The fourth-order valence-corrected chi connectivity index (χ4v) is 4.24. The van der Waals surface area contributed by atoms with Crippen LogP contribution in [-0.4, -0.2) is 30.1 Å². The zero-order valence-corrected chi connectivity index (χ0v) is 16.1. The third kappa shape index (κ3) is 3.29. The number of hydrogen-bond acceptors (Lipinski definition) is 5. The Bertz CT molecular complexity index is 1260. The van der Waals surface area contributed by atoms with E-state index in [0.29, 0.717) is 17.0 Å². The molecule has 0 atom stereocenters. The van der Waals surface area contributed by atoms with Gasteiger partial charge in [0.15, 0.2) is 0 Å². The summed E-state index contributed by atoms with van der Waals surface area (Å²) in [5.74, 6) is 0.522. The molecule has 0 aliphatic carbocycles. The smallest absolute Gasteiger partial charge is 0.264 e. The number of aryl methyl sites for hydroxylation is 1. The van der Waals surface area contributed by atoms with E-state index in [2.05, 4.69) is 14.7 Å². The molecule has 0 aliphatic heterocycles. The van der Waals surface area contributed by atoms with Crippen LogP contribution in [0.3, 0.4) is 0 Å². The first-order chi connectivity index (χ1) is 13.5. The number of aromatic nitrogens is 3. The van der Waals surface area contributed by atoms with Gasteiger partial charge in [-0.25, -0.2) is 13.4 Å². The van der Waals surface area contributed by atoms with Gasteiger partial charge in [0.1, 0.15) is 10.6 Å².